The number of nitrogens with zero attached hydrogens (tertiary/aromatic N) is 1. The van der Waals surface area contributed by atoms with Crippen LogP contribution in [0.2, 0.25) is 0 Å². The third kappa shape index (κ3) is 3.22. The highest BCUT2D eigenvalue weighted by Crippen LogP contribution is 2.36. The number of hydrogen-bond donors (Lipinski definition) is 1. The maximum Gasteiger partial charge on any atom is 0.471 e. The molecule has 1 aromatic rings. The molecule has 122 valence electrons. The third-order valence-electron chi connectivity index (χ3n) is 3.70. The highest BCUT2D eigenvalue weighted by molar-refractivity contribution is 9.09. The van der Waals surface area contributed by atoms with Gasteiger partial charge in [-0.25, -0.2) is 0 Å². The molecule has 4 nitrogen and oxygen atoms in total. The van der Waals surface area contributed by atoms with Gasteiger partial charge in [0.2, 0.25) is 0 Å². The van der Waals surface area contributed by atoms with E-state index < -0.39 is 23.0 Å². The molecule has 0 radical (unpaired) electrons. The van der Waals surface area contributed by atoms with E-state index in [9.17, 15) is 23.1 Å². The van der Waals surface area contributed by atoms with Crippen molar-refractivity contribution in [2.75, 3.05) is 20.3 Å². The largest absolute Gasteiger partial charge is 0.497 e. The van der Waals surface area contributed by atoms with E-state index in [0.717, 1.165) is 5.56 Å². The van der Waals surface area contributed by atoms with Gasteiger partial charge in [0.1, 0.15) is 5.75 Å². The first kappa shape index (κ1) is 17.1. The SMILES string of the molecule is COc1ccc2c(c1)CCN(C(=O)C(F)(F)F)C(Br)C2CO. The number of methoxy groups -OCH3 is 1. The number of carbonyl (C=O) groups is 1. The fraction of sp³-hybridized carbons (Fsp3) is 0.500. The van der Waals surface area contributed by atoms with Crippen LogP contribution in [0.5, 0.6) is 5.75 Å². The molecule has 0 aromatic heterocycles. The van der Waals surface area contributed by atoms with Crippen molar-refractivity contribution >= 4 is 21.8 Å². The van der Waals surface area contributed by atoms with Gasteiger partial charge in [0.25, 0.3) is 0 Å². The van der Waals surface area contributed by atoms with E-state index >= 15 is 0 Å². The molecule has 0 bridgehead atoms. The second-order valence-electron chi connectivity index (χ2n) is 4.97. The molecule has 1 N–H and O–H groups in total. The van der Waals surface area contributed by atoms with E-state index in [1.54, 1.807) is 18.2 Å². The Labute approximate surface area is 134 Å². The number of hydrogen-bond acceptors (Lipinski definition) is 3. The van der Waals surface area contributed by atoms with Crippen molar-refractivity contribution in [3.8, 4) is 5.75 Å². The average Bonchev–Trinajstić information content (AvgIpc) is 2.60. The molecule has 0 fully saturated rings. The first-order valence-electron chi connectivity index (χ1n) is 6.59. The average molecular weight is 382 g/mol. The second-order valence-corrected chi connectivity index (χ2v) is 5.91. The van der Waals surface area contributed by atoms with Crippen LogP contribution in [0.15, 0.2) is 18.2 Å². The van der Waals surface area contributed by atoms with E-state index in [4.69, 9.17) is 4.74 Å². The van der Waals surface area contributed by atoms with Crippen LogP contribution in [-0.2, 0) is 11.2 Å². The molecule has 22 heavy (non-hydrogen) atoms. The Morgan fingerprint density at radius 1 is 1.50 bits per heavy atom. The molecular formula is C14H15BrF3NO3. The van der Waals surface area contributed by atoms with Gasteiger partial charge < -0.3 is 14.7 Å². The van der Waals surface area contributed by atoms with Gasteiger partial charge in [0, 0.05) is 12.5 Å². The Hall–Kier alpha value is -1.28. The molecule has 8 heteroatoms. The smallest absolute Gasteiger partial charge is 0.471 e. The molecule has 1 amide bonds. The number of fused-ring (bicyclic) bond motifs is 1. The van der Waals surface area contributed by atoms with Gasteiger partial charge in [-0.15, -0.1) is 0 Å². The zero-order chi connectivity index (χ0) is 16.5. The van der Waals surface area contributed by atoms with Gasteiger partial charge in [-0.2, -0.15) is 13.2 Å². The standard InChI is InChI=1S/C14H15BrF3NO3/c1-22-9-2-3-10-8(6-9)4-5-19(12(15)11(10)7-20)13(21)14(16,17)18/h2-3,6,11-12,20H,4-5,7H2,1H3. The molecule has 0 spiro atoms. The summed E-state index contributed by atoms with van der Waals surface area (Å²) in [5.74, 6) is -1.97. The molecule has 2 unspecified atom stereocenters. The Bertz CT molecular complexity index is 565. The summed E-state index contributed by atoms with van der Waals surface area (Å²) in [7, 11) is 1.49. The van der Waals surface area contributed by atoms with Crippen LogP contribution in [-0.4, -0.2) is 47.3 Å². The minimum absolute atomic E-state index is 0.0923. The second kappa shape index (κ2) is 6.45. The van der Waals surface area contributed by atoms with Gasteiger partial charge in [-0.1, -0.05) is 22.0 Å². The maximum atomic E-state index is 12.7. The van der Waals surface area contributed by atoms with Crippen molar-refractivity contribution in [3.63, 3.8) is 0 Å². The highest BCUT2D eigenvalue weighted by atomic mass is 79.9. The molecular weight excluding hydrogens is 367 g/mol. The van der Waals surface area contributed by atoms with Gasteiger partial charge in [-0.3, -0.25) is 4.79 Å². The van der Waals surface area contributed by atoms with E-state index in [2.05, 4.69) is 15.9 Å². The number of ether oxygens (including phenoxy) is 1. The van der Waals surface area contributed by atoms with Crippen LogP contribution in [0.25, 0.3) is 0 Å². The molecule has 2 rings (SSSR count). The number of rotatable bonds is 2. The van der Waals surface area contributed by atoms with Crippen LogP contribution >= 0.6 is 15.9 Å². The predicted molar refractivity (Wildman–Crippen MR) is 77.0 cm³/mol. The Balaban J connectivity index is 2.40. The summed E-state index contributed by atoms with van der Waals surface area (Å²) in [4.78, 5) is 11.4. The summed E-state index contributed by atoms with van der Waals surface area (Å²) >= 11 is 3.14. The Morgan fingerprint density at radius 3 is 2.73 bits per heavy atom. The zero-order valence-electron chi connectivity index (χ0n) is 11.7. The monoisotopic (exact) mass is 381 g/mol. The van der Waals surface area contributed by atoms with Crippen molar-refractivity contribution in [3.05, 3.63) is 29.3 Å². The third-order valence-corrected chi connectivity index (χ3v) is 4.83. The van der Waals surface area contributed by atoms with Crippen LogP contribution in [0.4, 0.5) is 13.2 Å². The number of aliphatic hydroxyl groups excluding tert-OH is 1. The van der Waals surface area contributed by atoms with Gasteiger partial charge in [-0.05, 0) is 29.7 Å². The Kier molecular flexibility index (Phi) is 5.01. The normalized spacial score (nSPS) is 22.0. The van der Waals surface area contributed by atoms with Crippen LogP contribution in [0.1, 0.15) is 17.0 Å². The number of alkyl halides is 4. The molecule has 1 aromatic carbocycles. The zero-order valence-corrected chi connectivity index (χ0v) is 13.3. The molecule has 0 saturated carbocycles. The lowest BCUT2D eigenvalue weighted by Crippen LogP contribution is -2.47. The highest BCUT2D eigenvalue weighted by Gasteiger charge is 2.46. The van der Waals surface area contributed by atoms with Gasteiger partial charge in [0.15, 0.2) is 0 Å². The van der Waals surface area contributed by atoms with Gasteiger partial charge >= 0.3 is 12.1 Å². The minimum Gasteiger partial charge on any atom is -0.497 e. The van der Waals surface area contributed by atoms with E-state index in [-0.39, 0.29) is 19.6 Å². The quantitative estimate of drug-likeness (QED) is 0.632. The van der Waals surface area contributed by atoms with E-state index in [1.165, 1.54) is 7.11 Å². The summed E-state index contributed by atoms with van der Waals surface area (Å²) in [6.45, 7) is -0.470. The molecule has 1 aliphatic heterocycles. The molecule has 0 saturated heterocycles. The van der Waals surface area contributed by atoms with Crippen molar-refractivity contribution < 1.29 is 27.8 Å². The van der Waals surface area contributed by atoms with Gasteiger partial charge in [0.05, 0.1) is 18.7 Å². The summed E-state index contributed by atoms with van der Waals surface area (Å²) in [6, 6.07) is 5.12. The summed E-state index contributed by atoms with van der Waals surface area (Å²) in [5, 5.41) is 9.58. The van der Waals surface area contributed by atoms with Crippen LogP contribution < -0.4 is 4.74 Å². The number of aliphatic hydroxyl groups is 1. The first-order valence-corrected chi connectivity index (χ1v) is 7.50. The molecule has 1 heterocycles. The van der Waals surface area contributed by atoms with Crippen molar-refractivity contribution in [1.29, 1.82) is 0 Å². The summed E-state index contributed by atoms with van der Waals surface area (Å²) in [5.41, 5.74) is 1.47. The molecule has 2 atom stereocenters. The van der Waals surface area contributed by atoms with Crippen molar-refractivity contribution in [1.82, 2.24) is 4.90 Å². The fourth-order valence-corrected chi connectivity index (χ4v) is 3.42. The lowest BCUT2D eigenvalue weighted by molar-refractivity contribution is -0.186. The summed E-state index contributed by atoms with van der Waals surface area (Å²) < 4.78 is 43.3. The predicted octanol–water partition coefficient (Wildman–Crippen LogP) is 2.44. The van der Waals surface area contributed by atoms with Crippen LogP contribution in [0, 0.1) is 0 Å². The number of benzene rings is 1. The lowest BCUT2D eigenvalue weighted by atomic mass is 9.94. The number of amides is 1. The number of halogens is 4. The van der Waals surface area contributed by atoms with Crippen LogP contribution in [0.3, 0.4) is 0 Å². The molecule has 1 aliphatic rings. The van der Waals surface area contributed by atoms with E-state index in [1.807, 2.05) is 0 Å². The minimum atomic E-state index is -4.94. The lowest BCUT2D eigenvalue weighted by Gasteiger charge is -2.31. The topological polar surface area (TPSA) is 49.8 Å². The first-order chi connectivity index (χ1) is 10.3. The Morgan fingerprint density at radius 2 is 2.18 bits per heavy atom. The van der Waals surface area contributed by atoms with Crippen molar-refractivity contribution in [2.45, 2.75) is 23.5 Å². The van der Waals surface area contributed by atoms with Crippen molar-refractivity contribution in [2.24, 2.45) is 0 Å². The van der Waals surface area contributed by atoms with E-state index in [0.29, 0.717) is 16.2 Å². The fourth-order valence-electron chi connectivity index (χ4n) is 2.58. The summed E-state index contributed by atoms with van der Waals surface area (Å²) in [6.07, 6.45) is -4.69. The maximum absolute atomic E-state index is 12.7. The molecule has 0 aliphatic carbocycles. The number of carbonyl (C=O) groups excluding carboxylic acids is 1.